The maximum Gasteiger partial charge on any atom is 0.326 e. The molecule has 3 amide bonds. The van der Waals surface area contributed by atoms with Crippen molar-refractivity contribution in [1.29, 1.82) is 0 Å². The number of thiol groups is 1. The number of benzene rings is 1. The molecule has 0 aliphatic carbocycles. The number of hydrogen-bond acceptors (Lipinski definition) is 8. The maximum absolute atomic E-state index is 12.7. The summed E-state index contributed by atoms with van der Waals surface area (Å²) in [6, 6.07) is 4.20. The number of carboxylic acid groups (broad SMARTS) is 1. The van der Waals surface area contributed by atoms with Crippen LogP contribution in [0.15, 0.2) is 42.9 Å². The molecule has 190 valence electrons. The quantitative estimate of drug-likeness (QED) is 0.148. The van der Waals surface area contributed by atoms with Crippen molar-refractivity contribution in [3.05, 3.63) is 54.1 Å². The van der Waals surface area contributed by atoms with E-state index >= 15 is 0 Å². The summed E-state index contributed by atoms with van der Waals surface area (Å²) in [4.78, 5) is 56.1. The number of aromatic amines is 1. The zero-order valence-corrected chi connectivity index (χ0v) is 19.9. The molecule has 5 atom stereocenters. The number of carbonyl (C=O) groups excluding carboxylic acids is 3. The Morgan fingerprint density at radius 2 is 1.69 bits per heavy atom. The minimum Gasteiger partial charge on any atom is -0.480 e. The molecule has 0 aliphatic rings. The van der Waals surface area contributed by atoms with E-state index in [1.807, 2.05) is 30.3 Å². The lowest BCUT2D eigenvalue weighted by molar-refractivity contribution is -0.143. The van der Waals surface area contributed by atoms with Gasteiger partial charge in [-0.05, 0) is 18.9 Å². The van der Waals surface area contributed by atoms with Gasteiger partial charge in [0.25, 0.3) is 0 Å². The van der Waals surface area contributed by atoms with Gasteiger partial charge in [0.15, 0.2) is 0 Å². The van der Waals surface area contributed by atoms with Crippen LogP contribution >= 0.6 is 12.6 Å². The van der Waals surface area contributed by atoms with E-state index in [0.717, 1.165) is 5.56 Å². The number of aromatic nitrogens is 2. The van der Waals surface area contributed by atoms with Crippen molar-refractivity contribution in [2.45, 2.75) is 50.0 Å². The Hall–Kier alpha value is -3.42. The van der Waals surface area contributed by atoms with Gasteiger partial charge in [0.2, 0.25) is 17.7 Å². The fourth-order valence-electron chi connectivity index (χ4n) is 3.17. The second-order valence-electron chi connectivity index (χ2n) is 7.95. The Bertz CT molecular complexity index is 988. The molecule has 0 fully saturated rings. The van der Waals surface area contributed by atoms with Crippen molar-refractivity contribution < 1.29 is 29.4 Å². The van der Waals surface area contributed by atoms with Crippen LogP contribution in [0, 0.1) is 0 Å². The normalized spacial score (nSPS) is 15.2. The van der Waals surface area contributed by atoms with Crippen molar-refractivity contribution in [2.24, 2.45) is 5.73 Å². The Morgan fingerprint density at radius 3 is 2.23 bits per heavy atom. The topological polar surface area (TPSA) is 200 Å². The second kappa shape index (κ2) is 13.5. The molecule has 0 radical (unpaired) electrons. The van der Waals surface area contributed by atoms with E-state index in [1.165, 1.54) is 19.4 Å². The van der Waals surface area contributed by atoms with E-state index in [-0.39, 0.29) is 18.6 Å². The predicted octanol–water partition coefficient (Wildman–Crippen LogP) is -1.63. The van der Waals surface area contributed by atoms with Gasteiger partial charge in [-0.2, -0.15) is 12.6 Å². The van der Waals surface area contributed by atoms with Crippen LogP contribution in [-0.4, -0.2) is 79.9 Å². The predicted molar refractivity (Wildman–Crippen MR) is 129 cm³/mol. The van der Waals surface area contributed by atoms with Crippen LogP contribution in [0.3, 0.4) is 0 Å². The third-order valence-corrected chi connectivity index (χ3v) is 5.47. The molecular formula is C22H30N6O6S. The number of aliphatic carboxylic acids is 1. The van der Waals surface area contributed by atoms with E-state index in [9.17, 15) is 29.4 Å². The number of aliphatic hydroxyl groups is 1. The van der Waals surface area contributed by atoms with Crippen LogP contribution in [0.2, 0.25) is 0 Å². The van der Waals surface area contributed by atoms with Crippen molar-refractivity contribution in [1.82, 2.24) is 25.9 Å². The van der Waals surface area contributed by atoms with E-state index in [2.05, 4.69) is 38.5 Å². The molecule has 0 spiro atoms. The molecule has 1 heterocycles. The molecular weight excluding hydrogens is 476 g/mol. The van der Waals surface area contributed by atoms with Crippen LogP contribution in [0.4, 0.5) is 0 Å². The van der Waals surface area contributed by atoms with Gasteiger partial charge in [-0.3, -0.25) is 14.4 Å². The van der Waals surface area contributed by atoms with Crippen molar-refractivity contribution in [3.8, 4) is 0 Å². The molecule has 1 aromatic carbocycles. The number of hydrogen-bond donors (Lipinski definition) is 8. The first-order chi connectivity index (χ1) is 16.6. The van der Waals surface area contributed by atoms with Crippen molar-refractivity contribution in [2.75, 3.05) is 5.75 Å². The number of carbonyl (C=O) groups is 4. The molecule has 2 rings (SSSR count). The van der Waals surface area contributed by atoms with Crippen LogP contribution in [0.1, 0.15) is 18.2 Å². The molecule has 35 heavy (non-hydrogen) atoms. The molecule has 5 unspecified atom stereocenters. The molecule has 0 bridgehead atoms. The highest BCUT2D eigenvalue weighted by molar-refractivity contribution is 7.80. The number of carboxylic acids is 1. The van der Waals surface area contributed by atoms with Gasteiger partial charge >= 0.3 is 5.97 Å². The minimum atomic E-state index is -1.48. The average Bonchev–Trinajstić information content (AvgIpc) is 3.33. The van der Waals surface area contributed by atoms with E-state index in [4.69, 9.17) is 5.73 Å². The van der Waals surface area contributed by atoms with Gasteiger partial charge in [-0.1, -0.05) is 30.3 Å². The summed E-state index contributed by atoms with van der Waals surface area (Å²) in [6.07, 6.45) is 1.58. The largest absolute Gasteiger partial charge is 0.480 e. The molecule has 8 N–H and O–H groups in total. The molecule has 1 aromatic heterocycles. The zero-order valence-electron chi connectivity index (χ0n) is 19.0. The number of aliphatic hydroxyl groups excluding tert-OH is 1. The summed E-state index contributed by atoms with van der Waals surface area (Å²) in [5.74, 6) is -3.71. The number of imidazole rings is 1. The van der Waals surface area contributed by atoms with Gasteiger partial charge < -0.3 is 36.9 Å². The lowest BCUT2D eigenvalue weighted by Gasteiger charge is -2.26. The number of nitrogens with one attached hydrogen (secondary N) is 4. The lowest BCUT2D eigenvalue weighted by atomic mass is 10.1. The molecule has 0 aliphatic heterocycles. The van der Waals surface area contributed by atoms with Crippen LogP contribution in [-0.2, 0) is 32.0 Å². The van der Waals surface area contributed by atoms with Gasteiger partial charge in [0, 0.05) is 24.1 Å². The van der Waals surface area contributed by atoms with Crippen LogP contribution in [0.25, 0.3) is 0 Å². The molecule has 13 heteroatoms. The van der Waals surface area contributed by atoms with E-state index in [1.54, 1.807) is 0 Å². The highest BCUT2D eigenvalue weighted by Crippen LogP contribution is 2.04. The second-order valence-corrected chi connectivity index (χ2v) is 8.31. The molecule has 0 saturated heterocycles. The van der Waals surface area contributed by atoms with E-state index < -0.39 is 54.0 Å². The molecule has 12 nitrogen and oxygen atoms in total. The number of rotatable bonds is 13. The third-order valence-electron chi connectivity index (χ3n) is 5.11. The number of amides is 3. The fourth-order valence-corrected chi connectivity index (χ4v) is 3.43. The fraction of sp³-hybridized carbons (Fsp3) is 0.409. The summed E-state index contributed by atoms with van der Waals surface area (Å²) in [5.41, 5.74) is 7.27. The number of nitrogens with zero attached hydrogens (tertiary/aromatic N) is 1. The smallest absolute Gasteiger partial charge is 0.326 e. The monoisotopic (exact) mass is 506 g/mol. The zero-order chi connectivity index (χ0) is 26.0. The van der Waals surface area contributed by atoms with Gasteiger partial charge in [-0.15, -0.1) is 0 Å². The minimum absolute atomic E-state index is 0.0871. The summed E-state index contributed by atoms with van der Waals surface area (Å²) >= 11 is 4.09. The molecule has 2 aromatic rings. The van der Waals surface area contributed by atoms with E-state index in [0.29, 0.717) is 5.69 Å². The number of H-pyrrole nitrogens is 1. The average molecular weight is 507 g/mol. The Morgan fingerprint density at radius 1 is 1.03 bits per heavy atom. The summed E-state index contributed by atoms with van der Waals surface area (Å²) in [6.45, 7) is 1.26. The first-order valence-electron chi connectivity index (χ1n) is 10.8. The first-order valence-corrected chi connectivity index (χ1v) is 11.4. The van der Waals surface area contributed by atoms with Gasteiger partial charge in [0.05, 0.1) is 18.5 Å². The highest BCUT2D eigenvalue weighted by Gasteiger charge is 2.32. The maximum atomic E-state index is 12.7. The van der Waals surface area contributed by atoms with Crippen LogP contribution < -0.4 is 21.7 Å². The molecule has 0 saturated carbocycles. The lowest BCUT2D eigenvalue weighted by Crippen LogP contribution is -2.60. The highest BCUT2D eigenvalue weighted by atomic mass is 32.1. The van der Waals surface area contributed by atoms with Crippen molar-refractivity contribution >= 4 is 36.3 Å². The van der Waals surface area contributed by atoms with Crippen molar-refractivity contribution in [3.63, 3.8) is 0 Å². The number of nitrogens with two attached hydrogens (primary N) is 1. The Kier molecular flexibility index (Phi) is 10.7. The first kappa shape index (κ1) is 27.8. The summed E-state index contributed by atoms with van der Waals surface area (Å²) < 4.78 is 0. The third kappa shape index (κ3) is 8.70. The van der Waals surface area contributed by atoms with Gasteiger partial charge in [-0.25, -0.2) is 9.78 Å². The van der Waals surface area contributed by atoms with Crippen LogP contribution in [0.5, 0.6) is 0 Å². The summed E-state index contributed by atoms with van der Waals surface area (Å²) in [5, 5.41) is 26.6. The Labute approximate surface area is 207 Å². The SMILES string of the molecule is CC(O)C(NC(=O)C(CS)NC(=O)C(N)Cc1ccccc1)C(=O)NC(Cc1cnc[nH]1)C(=O)O. The summed E-state index contributed by atoms with van der Waals surface area (Å²) in [7, 11) is 0. The Balaban J connectivity index is 2.00. The standard InChI is InChI=1S/C22H30N6O6S/c1-12(29)18(21(32)26-16(22(33)34)8-14-9-24-11-25-14)28-20(31)17(10-35)27-19(30)15(23)7-13-5-3-2-4-6-13/h2-6,9,11-12,15-18,29,35H,7-8,10,23H2,1H3,(H,24,25)(H,26,32)(H,27,30)(H,28,31)(H,33,34). The van der Waals surface area contributed by atoms with Gasteiger partial charge in [0.1, 0.15) is 18.1 Å².